The fraction of sp³-hybridized carbons (Fsp3) is 0.650. The van der Waals surface area contributed by atoms with Gasteiger partial charge in [-0.1, -0.05) is 19.0 Å². The highest BCUT2D eigenvalue weighted by atomic mass is 127. The van der Waals surface area contributed by atoms with Crippen molar-refractivity contribution in [3.05, 3.63) is 28.6 Å². The Balaban J connectivity index is 0.00000300. The number of anilines is 1. The van der Waals surface area contributed by atoms with E-state index in [0.29, 0.717) is 12.5 Å². The van der Waals surface area contributed by atoms with E-state index in [-0.39, 0.29) is 24.0 Å². The van der Waals surface area contributed by atoms with Gasteiger partial charge >= 0.3 is 0 Å². The van der Waals surface area contributed by atoms with Gasteiger partial charge in [-0.05, 0) is 25.7 Å². The van der Waals surface area contributed by atoms with E-state index in [2.05, 4.69) is 44.9 Å². The van der Waals surface area contributed by atoms with E-state index in [1.807, 2.05) is 6.07 Å². The number of hydrogen-bond donors (Lipinski definition) is 2. The van der Waals surface area contributed by atoms with Crippen LogP contribution in [0.3, 0.4) is 0 Å². The Morgan fingerprint density at radius 3 is 2.72 bits per heavy atom. The molecule has 0 amide bonds. The minimum Gasteiger partial charge on any atom is -0.359 e. The molecule has 3 heterocycles. The highest BCUT2D eigenvalue weighted by molar-refractivity contribution is 14.0. The molecule has 2 aromatic rings. The fourth-order valence-corrected chi connectivity index (χ4v) is 4.39. The molecule has 0 aliphatic carbocycles. The van der Waals surface area contributed by atoms with Crippen molar-refractivity contribution in [2.75, 3.05) is 31.6 Å². The summed E-state index contributed by atoms with van der Waals surface area (Å²) in [5.41, 5.74) is 2.18. The van der Waals surface area contributed by atoms with Gasteiger partial charge in [0.15, 0.2) is 16.9 Å². The van der Waals surface area contributed by atoms with Crippen LogP contribution in [0.1, 0.15) is 62.6 Å². The third kappa shape index (κ3) is 6.84. The molecular formula is C20H33IN6OS. The van der Waals surface area contributed by atoms with Gasteiger partial charge in [-0.2, -0.15) is 0 Å². The predicted octanol–water partition coefficient (Wildman–Crippen LogP) is 4.16. The summed E-state index contributed by atoms with van der Waals surface area (Å²) in [6.07, 6.45) is 5.60. The lowest BCUT2D eigenvalue weighted by Crippen LogP contribution is -2.37. The van der Waals surface area contributed by atoms with Gasteiger partial charge in [0.05, 0.1) is 17.9 Å². The lowest BCUT2D eigenvalue weighted by atomic mass is 9.99. The van der Waals surface area contributed by atoms with Crippen molar-refractivity contribution in [1.29, 1.82) is 0 Å². The summed E-state index contributed by atoms with van der Waals surface area (Å²) in [6.45, 7) is 8.01. The van der Waals surface area contributed by atoms with Crippen LogP contribution in [0.25, 0.3) is 0 Å². The Labute approximate surface area is 194 Å². The molecule has 0 atom stereocenters. The number of nitrogens with zero attached hydrogens (tertiary/aromatic N) is 4. The molecule has 162 valence electrons. The topological polar surface area (TPSA) is 78.6 Å². The summed E-state index contributed by atoms with van der Waals surface area (Å²) in [4.78, 5) is 11.4. The molecule has 7 nitrogen and oxygen atoms in total. The third-order valence-corrected chi connectivity index (χ3v) is 6.17. The van der Waals surface area contributed by atoms with Gasteiger partial charge in [-0.25, -0.2) is 4.98 Å². The Kier molecular flexibility index (Phi) is 10.2. The molecular weight excluding hydrogens is 499 g/mol. The van der Waals surface area contributed by atoms with E-state index in [4.69, 9.17) is 9.51 Å². The summed E-state index contributed by atoms with van der Waals surface area (Å²) >= 11 is 1.75. The molecule has 1 fully saturated rings. The second kappa shape index (κ2) is 12.4. The SMILES string of the molecule is CCC(CC)c1cc(CNC(=NC)NCCc2csc(N3CCCC3)n2)on1.I. The van der Waals surface area contributed by atoms with Crippen LogP contribution in [0.15, 0.2) is 21.0 Å². The molecule has 2 N–H and O–H groups in total. The molecule has 3 rings (SSSR count). The van der Waals surface area contributed by atoms with Crippen LogP contribution < -0.4 is 15.5 Å². The van der Waals surface area contributed by atoms with Crippen LogP contribution in [0.4, 0.5) is 5.13 Å². The molecule has 29 heavy (non-hydrogen) atoms. The standard InChI is InChI=1S/C20H32N6OS.HI/c1-4-15(5-2)18-12-17(27-25-18)13-23-19(21-3)22-9-8-16-14-28-20(24-16)26-10-6-7-11-26;/h12,14-15H,4-11,13H2,1-3H3,(H2,21,22,23);1H. The van der Waals surface area contributed by atoms with Crippen molar-refractivity contribution in [2.45, 2.75) is 58.4 Å². The van der Waals surface area contributed by atoms with Gasteiger partial charge in [-0.3, -0.25) is 4.99 Å². The van der Waals surface area contributed by atoms with Crippen molar-refractivity contribution in [3.8, 4) is 0 Å². The highest BCUT2D eigenvalue weighted by Gasteiger charge is 2.16. The highest BCUT2D eigenvalue weighted by Crippen LogP contribution is 2.24. The average molecular weight is 532 g/mol. The summed E-state index contributed by atoms with van der Waals surface area (Å²) in [5.74, 6) is 2.06. The number of rotatable bonds is 9. The number of guanidine groups is 1. The number of hydrogen-bond acceptors (Lipinski definition) is 6. The van der Waals surface area contributed by atoms with Crippen molar-refractivity contribution in [1.82, 2.24) is 20.8 Å². The smallest absolute Gasteiger partial charge is 0.191 e. The van der Waals surface area contributed by atoms with Crippen LogP contribution in [-0.2, 0) is 13.0 Å². The van der Waals surface area contributed by atoms with E-state index in [9.17, 15) is 0 Å². The summed E-state index contributed by atoms with van der Waals surface area (Å²) < 4.78 is 5.46. The first-order chi connectivity index (χ1) is 13.7. The summed E-state index contributed by atoms with van der Waals surface area (Å²) in [7, 11) is 1.78. The Morgan fingerprint density at radius 2 is 2.03 bits per heavy atom. The van der Waals surface area contributed by atoms with Gasteiger partial charge < -0.3 is 20.1 Å². The number of nitrogens with one attached hydrogen (secondary N) is 2. The van der Waals surface area contributed by atoms with Gasteiger partial charge in [-0.15, -0.1) is 35.3 Å². The fourth-order valence-electron chi connectivity index (χ4n) is 3.48. The minimum atomic E-state index is 0. The van der Waals surface area contributed by atoms with Crippen molar-refractivity contribution in [2.24, 2.45) is 4.99 Å². The van der Waals surface area contributed by atoms with Gasteiger partial charge in [0.1, 0.15) is 0 Å². The van der Waals surface area contributed by atoms with E-state index < -0.39 is 0 Å². The van der Waals surface area contributed by atoms with Crippen LogP contribution in [-0.4, -0.2) is 42.8 Å². The van der Waals surface area contributed by atoms with Crippen LogP contribution in [0.5, 0.6) is 0 Å². The van der Waals surface area contributed by atoms with E-state index in [1.54, 1.807) is 18.4 Å². The molecule has 0 bridgehead atoms. The molecule has 0 radical (unpaired) electrons. The molecule has 1 saturated heterocycles. The zero-order valence-corrected chi connectivity index (χ0v) is 20.8. The first-order valence-corrected chi connectivity index (χ1v) is 11.2. The molecule has 9 heteroatoms. The third-order valence-electron chi connectivity index (χ3n) is 5.22. The quantitative estimate of drug-likeness (QED) is 0.287. The number of thiazole rings is 1. The van der Waals surface area contributed by atoms with Crippen molar-refractivity contribution in [3.63, 3.8) is 0 Å². The van der Waals surface area contributed by atoms with E-state index in [0.717, 1.165) is 67.1 Å². The lowest BCUT2D eigenvalue weighted by molar-refractivity contribution is 0.368. The zero-order valence-electron chi connectivity index (χ0n) is 17.6. The summed E-state index contributed by atoms with van der Waals surface area (Å²) in [6, 6.07) is 2.05. The molecule has 0 unspecified atom stereocenters. The molecule has 0 aromatic carbocycles. The maximum atomic E-state index is 5.46. The molecule has 0 saturated carbocycles. The maximum Gasteiger partial charge on any atom is 0.191 e. The number of aromatic nitrogens is 2. The second-order valence-electron chi connectivity index (χ2n) is 7.15. The minimum absolute atomic E-state index is 0. The molecule has 1 aliphatic heterocycles. The zero-order chi connectivity index (χ0) is 19.8. The van der Waals surface area contributed by atoms with Crippen molar-refractivity contribution < 1.29 is 4.52 Å². The lowest BCUT2D eigenvalue weighted by Gasteiger charge is -2.12. The first kappa shape index (κ1) is 23.9. The Bertz CT molecular complexity index is 752. The van der Waals surface area contributed by atoms with Crippen LogP contribution in [0, 0.1) is 0 Å². The number of aliphatic imine (C=N–C) groups is 1. The van der Waals surface area contributed by atoms with Gasteiger partial charge in [0.25, 0.3) is 0 Å². The number of halogens is 1. The predicted molar refractivity (Wildman–Crippen MR) is 131 cm³/mol. The first-order valence-electron chi connectivity index (χ1n) is 10.3. The molecule has 2 aromatic heterocycles. The maximum absolute atomic E-state index is 5.46. The molecule has 1 aliphatic rings. The van der Waals surface area contributed by atoms with Gasteiger partial charge in [0.2, 0.25) is 0 Å². The van der Waals surface area contributed by atoms with Gasteiger partial charge in [0, 0.05) is 50.5 Å². The van der Waals surface area contributed by atoms with Crippen LogP contribution in [0.2, 0.25) is 0 Å². The van der Waals surface area contributed by atoms with Crippen LogP contribution >= 0.6 is 35.3 Å². The second-order valence-corrected chi connectivity index (χ2v) is 7.99. The average Bonchev–Trinajstić information content (AvgIpc) is 3.47. The van der Waals surface area contributed by atoms with E-state index >= 15 is 0 Å². The Hall–Kier alpha value is -1.36. The van der Waals surface area contributed by atoms with E-state index in [1.165, 1.54) is 12.8 Å². The molecule has 0 spiro atoms. The van der Waals surface area contributed by atoms with Crippen molar-refractivity contribution >= 4 is 46.4 Å². The Morgan fingerprint density at radius 1 is 1.28 bits per heavy atom. The monoisotopic (exact) mass is 532 g/mol. The normalized spacial score (nSPS) is 14.3. The largest absolute Gasteiger partial charge is 0.359 e. The summed E-state index contributed by atoms with van der Waals surface area (Å²) in [5, 5.41) is 14.2.